The summed E-state index contributed by atoms with van der Waals surface area (Å²) in [6, 6.07) is 19.9. The van der Waals surface area contributed by atoms with Gasteiger partial charge in [-0.05, 0) is 53.6 Å². The molecule has 0 radical (unpaired) electrons. The number of fused-ring (bicyclic) bond motifs is 1. The minimum Gasteiger partial charge on any atom is -0.497 e. The largest absolute Gasteiger partial charge is 0.497 e. The van der Waals surface area contributed by atoms with Gasteiger partial charge in [-0.1, -0.05) is 48.0 Å². The minimum absolute atomic E-state index is 0.341. The van der Waals surface area contributed by atoms with E-state index in [2.05, 4.69) is 31.2 Å². The van der Waals surface area contributed by atoms with E-state index in [1.165, 1.54) is 10.9 Å². The Hall–Kier alpha value is -3.33. The zero-order chi connectivity index (χ0) is 18.1. The molecule has 128 valence electrons. The maximum Gasteiger partial charge on any atom is 0.343 e. The van der Waals surface area contributed by atoms with Gasteiger partial charge in [0.25, 0.3) is 0 Å². The highest BCUT2D eigenvalue weighted by molar-refractivity contribution is 6.05. The van der Waals surface area contributed by atoms with Crippen LogP contribution in [0.2, 0.25) is 0 Å². The molecule has 0 spiro atoms. The predicted octanol–water partition coefficient (Wildman–Crippen LogP) is 5.14. The van der Waals surface area contributed by atoms with Crippen LogP contribution in [0.3, 0.4) is 0 Å². The van der Waals surface area contributed by atoms with Crippen LogP contribution in [0.25, 0.3) is 22.6 Å². The first-order valence-electron chi connectivity index (χ1n) is 8.43. The van der Waals surface area contributed by atoms with E-state index in [1.807, 2.05) is 42.5 Å². The Morgan fingerprint density at radius 3 is 2.62 bits per heavy atom. The van der Waals surface area contributed by atoms with Crippen LogP contribution in [0.1, 0.15) is 16.7 Å². The van der Waals surface area contributed by atoms with Crippen molar-refractivity contribution in [3.8, 4) is 5.75 Å². The molecule has 0 bridgehead atoms. The van der Waals surface area contributed by atoms with Gasteiger partial charge in [0, 0.05) is 5.56 Å². The number of esters is 1. The molecule has 0 amide bonds. The smallest absolute Gasteiger partial charge is 0.343 e. The average Bonchev–Trinajstić information content (AvgIpc) is 3.02. The van der Waals surface area contributed by atoms with Crippen molar-refractivity contribution >= 4 is 28.6 Å². The topological polar surface area (TPSA) is 35.5 Å². The van der Waals surface area contributed by atoms with Crippen LogP contribution in [0, 0.1) is 6.92 Å². The molecule has 0 aromatic heterocycles. The Balaban J connectivity index is 1.69. The van der Waals surface area contributed by atoms with Gasteiger partial charge in [0.05, 0.1) is 12.7 Å². The second-order valence-corrected chi connectivity index (χ2v) is 6.34. The molecule has 0 unspecified atom stereocenters. The third kappa shape index (κ3) is 3.11. The van der Waals surface area contributed by atoms with Crippen molar-refractivity contribution < 1.29 is 14.3 Å². The van der Waals surface area contributed by atoms with Crippen molar-refractivity contribution in [2.45, 2.75) is 6.92 Å². The lowest BCUT2D eigenvalue weighted by atomic mass is 10.0. The highest BCUT2D eigenvalue weighted by atomic mass is 16.5. The van der Waals surface area contributed by atoms with E-state index in [4.69, 9.17) is 9.47 Å². The number of aryl methyl sites for hydroxylation is 1. The van der Waals surface area contributed by atoms with Crippen LogP contribution in [0.4, 0.5) is 0 Å². The fraction of sp³-hybridized carbons (Fsp3) is 0.0870. The standard InChI is InChI=1S/C23H18O3/c1-15-6-7-18-13-19(9-8-17(18)10-15)22-14-20(23(24)26-22)11-16-4-3-5-21(12-16)25-2/h3-14H,1-2H3. The normalized spacial score (nSPS) is 15.2. The van der Waals surface area contributed by atoms with Gasteiger partial charge in [0.15, 0.2) is 0 Å². The maximum atomic E-state index is 12.3. The molecule has 1 heterocycles. The van der Waals surface area contributed by atoms with E-state index in [0.29, 0.717) is 11.3 Å². The van der Waals surface area contributed by atoms with Gasteiger partial charge in [-0.25, -0.2) is 4.79 Å². The summed E-state index contributed by atoms with van der Waals surface area (Å²) < 4.78 is 10.7. The van der Waals surface area contributed by atoms with Gasteiger partial charge >= 0.3 is 5.97 Å². The third-order valence-electron chi connectivity index (χ3n) is 4.42. The number of carbonyl (C=O) groups is 1. The first kappa shape index (κ1) is 16.2. The first-order valence-corrected chi connectivity index (χ1v) is 8.43. The summed E-state index contributed by atoms with van der Waals surface area (Å²) in [5.41, 5.74) is 3.53. The molecule has 0 saturated carbocycles. The van der Waals surface area contributed by atoms with Crippen molar-refractivity contribution in [3.63, 3.8) is 0 Å². The van der Waals surface area contributed by atoms with Crippen LogP contribution < -0.4 is 4.74 Å². The van der Waals surface area contributed by atoms with Gasteiger partial charge in [-0.15, -0.1) is 0 Å². The van der Waals surface area contributed by atoms with Crippen LogP contribution in [-0.2, 0) is 9.53 Å². The molecule has 0 fully saturated rings. The van der Waals surface area contributed by atoms with Crippen molar-refractivity contribution in [2.75, 3.05) is 7.11 Å². The van der Waals surface area contributed by atoms with E-state index >= 15 is 0 Å². The molecule has 1 aliphatic rings. The zero-order valence-corrected chi connectivity index (χ0v) is 14.7. The second-order valence-electron chi connectivity index (χ2n) is 6.34. The lowest BCUT2D eigenvalue weighted by Gasteiger charge is -2.05. The summed E-state index contributed by atoms with van der Waals surface area (Å²) in [7, 11) is 1.62. The Morgan fingerprint density at radius 2 is 1.77 bits per heavy atom. The number of hydrogen-bond acceptors (Lipinski definition) is 3. The number of hydrogen-bond donors (Lipinski definition) is 0. The summed E-state index contributed by atoms with van der Waals surface area (Å²) in [6.07, 6.45) is 3.60. The summed E-state index contributed by atoms with van der Waals surface area (Å²) in [4.78, 5) is 12.3. The van der Waals surface area contributed by atoms with E-state index in [0.717, 1.165) is 22.3 Å². The van der Waals surface area contributed by atoms with E-state index in [9.17, 15) is 4.79 Å². The molecule has 3 heteroatoms. The number of cyclic esters (lactones) is 1. The molecule has 3 aromatic rings. The molecule has 26 heavy (non-hydrogen) atoms. The van der Waals surface area contributed by atoms with E-state index in [1.54, 1.807) is 13.2 Å². The van der Waals surface area contributed by atoms with Crippen molar-refractivity contribution in [2.24, 2.45) is 0 Å². The van der Waals surface area contributed by atoms with E-state index in [-0.39, 0.29) is 5.97 Å². The number of rotatable bonds is 3. The number of ether oxygens (including phenoxy) is 2. The lowest BCUT2D eigenvalue weighted by molar-refractivity contribution is -0.130. The highest BCUT2D eigenvalue weighted by Gasteiger charge is 2.22. The second kappa shape index (κ2) is 6.52. The quantitative estimate of drug-likeness (QED) is 0.488. The molecule has 0 atom stereocenters. The summed E-state index contributed by atoms with van der Waals surface area (Å²) >= 11 is 0. The fourth-order valence-corrected chi connectivity index (χ4v) is 3.06. The number of methoxy groups -OCH3 is 1. The monoisotopic (exact) mass is 342 g/mol. The van der Waals surface area contributed by atoms with Crippen molar-refractivity contribution in [1.82, 2.24) is 0 Å². The Labute approximate surface area is 152 Å². The molecule has 4 rings (SSSR count). The van der Waals surface area contributed by atoms with Crippen LogP contribution in [0.15, 0.2) is 72.3 Å². The molecule has 0 saturated heterocycles. The SMILES string of the molecule is COc1cccc(C=C2C=C(c3ccc4cc(C)ccc4c3)OC2=O)c1. The van der Waals surface area contributed by atoms with Crippen LogP contribution in [0.5, 0.6) is 5.75 Å². The predicted molar refractivity (Wildman–Crippen MR) is 104 cm³/mol. The van der Waals surface area contributed by atoms with Gasteiger partial charge in [0.1, 0.15) is 11.5 Å². The summed E-state index contributed by atoms with van der Waals surface area (Å²) in [5, 5.41) is 2.29. The van der Waals surface area contributed by atoms with Gasteiger partial charge in [-0.3, -0.25) is 0 Å². The number of carbonyl (C=O) groups excluding carboxylic acids is 1. The minimum atomic E-state index is -0.341. The Kier molecular flexibility index (Phi) is 4.05. The van der Waals surface area contributed by atoms with Gasteiger partial charge in [0.2, 0.25) is 0 Å². The average molecular weight is 342 g/mol. The van der Waals surface area contributed by atoms with Gasteiger partial charge in [-0.2, -0.15) is 0 Å². The zero-order valence-electron chi connectivity index (χ0n) is 14.7. The third-order valence-corrected chi connectivity index (χ3v) is 4.42. The fourth-order valence-electron chi connectivity index (χ4n) is 3.06. The van der Waals surface area contributed by atoms with Gasteiger partial charge < -0.3 is 9.47 Å². The summed E-state index contributed by atoms with van der Waals surface area (Å²) in [6.45, 7) is 2.07. The molecular weight excluding hydrogens is 324 g/mol. The molecule has 3 nitrogen and oxygen atoms in total. The highest BCUT2D eigenvalue weighted by Crippen LogP contribution is 2.30. The number of benzene rings is 3. The molecule has 1 aliphatic heterocycles. The van der Waals surface area contributed by atoms with Crippen molar-refractivity contribution in [1.29, 1.82) is 0 Å². The lowest BCUT2D eigenvalue weighted by Crippen LogP contribution is -1.97. The Bertz CT molecular complexity index is 1070. The maximum absolute atomic E-state index is 12.3. The van der Waals surface area contributed by atoms with Crippen LogP contribution >= 0.6 is 0 Å². The Morgan fingerprint density at radius 1 is 0.962 bits per heavy atom. The molecule has 0 N–H and O–H groups in total. The summed E-state index contributed by atoms with van der Waals surface area (Å²) in [5.74, 6) is 0.984. The molecule has 0 aliphatic carbocycles. The first-order chi connectivity index (χ1) is 12.6. The molecule has 3 aromatic carbocycles. The van der Waals surface area contributed by atoms with Crippen molar-refractivity contribution in [3.05, 3.63) is 89.0 Å². The van der Waals surface area contributed by atoms with E-state index < -0.39 is 0 Å². The van der Waals surface area contributed by atoms with Crippen LogP contribution in [-0.4, -0.2) is 13.1 Å². The molecular formula is C23H18O3.